The molecular formula is C19H19Cl2N3O4. The predicted octanol–water partition coefficient (Wildman–Crippen LogP) is 2.68. The normalized spacial score (nSPS) is 27.8. The van der Waals surface area contributed by atoms with Gasteiger partial charge in [0.15, 0.2) is 6.23 Å². The highest BCUT2D eigenvalue weighted by Crippen LogP contribution is 2.38. The van der Waals surface area contributed by atoms with Crippen LogP contribution in [-0.2, 0) is 4.74 Å². The summed E-state index contributed by atoms with van der Waals surface area (Å²) < 4.78 is 7.52. The molecule has 28 heavy (non-hydrogen) atoms. The summed E-state index contributed by atoms with van der Waals surface area (Å²) in [5.41, 5.74) is 1.43. The van der Waals surface area contributed by atoms with Crippen molar-refractivity contribution < 1.29 is 20.1 Å². The van der Waals surface area contributed by atoms with Crippen LogP contribution >= 0.6 is 23.2 Å². The van der Waals surface area contributed by atoms with Gasteiger partial charge in [-0.3, -0.25) is 4.57 Å². The number of ether oxygens (including phenoxy) is 1. The number of halogens is 2. The lowest BCUT2D eigenvalue weighted by molar-refractivity contribution is -0.0499. The van der Waals surface area contributed by atoms with Crippen LogP contribution < -0.4 is 5.32 Å². The van der Waals surface area contributed by atoms with Crippen molar-refractivity contribution in [2.24, 2.45) is 0 Å². The fourth-order valence-electron chi connectivity index (χ4n) is 3.70. The molecule has 0 amide bonds. The molecule has 4 N–H and O–H groups in total. The summed E-state index contributed by atoms with van der Waals surface area (Å²) in [6, 6.07) is 7.71. The van der Waals surface area contributed by atoms with Crippen LogP contribution in [0.4, 0.5) is 5.95 Å². The van der Waals surface area contributed by atoms with E-state index in [-0.39, 0.29) is 6.61 Å². The Labute approximate surface area is 170 Å². The second kappa shape index (κ2) is 6.73. The van der Waals surface area contributed by atoms with E-state index in [9.17, 15) is 15.3 Å². The number of rotatable bonds is 4. The number of benzene rings is 2. The maximum absolute atomic E-state index is 10.6. The summed E-state index contributed by atoms with van der Waals surface area (Å²) in [6.07, 6.45) is -2.02. The average molecular weight is 424 g/mol. The lowest BCUT2D eigenvalue weighted by Gasteiger charge is -2.20. The maximum Gasteiger partial charge on any atom is 0.206 e. The zero-order valence-electron chi connectivity index (χ0n) is 14.7. The molecule has 5 rings (SSSR count). The summed E-state index contributed by atoms with van der Waals surface area (Å²) in [4.78, 5) is 4.69. The van der Waals surface area contributed by atoms with Crippen molar-refractivity contribution in [2.45, 2.75) is 43.4 Å². The second-order valence-electron chi connectivity index (χ2n) is 7.41. The maximum atomic E-state index is 10.6. The molecular weight excluding hydrogens is 405 g/mol. The summed E-state index contributed by atoms with van der Waals surface area (Å²) in [7, 11) is 0. The zero-order chi connectivity index (χ0) is 19.6. The Kier molecular flexibility index (Phi) is 4.42. The van der Waals surface area contributed by atoms with E-state index < -0.39 is 24.5 Å². The third-order valence-electron chi connectivity index (χ3n) is 5.37. The van der Waals surface area contributed by atoms with Crippen LogP contribution in [-0.4, -0.2) is 55.8 Å². The molecule has 1 saturated carbocycles. The molecule has 1 aliphatic carbocycles. The number of hydrogen-bond donors (Lipinski definition) is 4. The number of imidazole rings is 1. The van der Waals surface area contributed by atoms with E-state index in [1.165, 1.54) is 0 Å². The molecule has 2 heterocycles. The van der Waals surface area contributed by atoms with Crippen molar-refractivity contribution in [3.63, 3.8) is 0 Å². The molecule has 9 heteroatoms. The molecule has 3 aromatic rings. The molecule has 7 nitrogen and oxygen atoms in total. The molecule has 0 radical (unpaired) electrons. The van der Waals surface area contributed by atoms with Gasteiger partial charge in [-0.25, -0.2) is 4.98 Å². The Morgan fingerprint density at radius 2 is 1.75 bits per heavy atom. The summed E-state index contributed by atoms with van der Waals surface area (Å²) >= 11 is 12.3. The van der Waals surface area contributed by atoms with Gasteiger partial charge >= 0.3 is 0 Å². The lowest BCUT2D eigenvalue weighted by Crippen LogP contribution is -2.33. The highest BCUT2D eigenvalue weighted by Gasteiger charge is 2.45. The topological polar surface area (TPSA) is 99.8 Å². The van der Waals surface area contributed by atoms with Gasteiger partial charge in [-0.05, 0) is 47.9 Å². The van der Waals surface area contributed by atoms with Gasteiger partial charge in [0.25, 0.3) is 0 Å². The van der Waals surface area contributed by atoms with Crippen LogP contribution in [0.2, 0.25) is 10.0 Å². The van der Waals surface area contributed by atoms with Crippen molar-refractivity contribution in [3.8, 4) is 0 Å². The number of nitrogens with one attached hydrogen (secondary N) is 1. The van der Waals surface area contributed by atoms with E-state index in [0.29, 0.717) is 27.6 Å². The van der Waals surface area contributed by atoms with Crippen molar-refractivity contribution >= 4 is 51.0 Å². The standard InChI is InChI=1S/C19H19Cl2N3O4/c20-11-3-8-5-13-14(6-9(8)4-12(11)21)24(19(23-13)22-10-1-2-10)18-17(27)16(26)15(7-25)28-18/h3-6,10,15-18,25-27H,1-2,7H2,(H,22,23). The van der Waals surface area contributed by atoms with Crippen molar-refractivity contribution in [2.75, 3.05) is 11.9 Å². The van der Waals surface area contributed by atoms with Crippen LogP contribution in [0.25, 0.3) is 21.8 Å². The molecule has 1 saturated heterocycles. The minimum atomic E-state index is -1.20. The zero-order valence-corrected chi connectivity index (χ0v) is 16.2. The van der Waals surface area contributed by atoms with Crippen LogP contribution in [0.3, 0.4) is 0 Å². The van der Waals surface area contributed by atoms with Crippen LogP contribution in [0.15, 0.2) is 24.3 Å². The Hall–Kier alpha value is -1.61. The van der Waals surface area contributed by atoms with Gasteiger partial charge in [-0.15, -0.1) is 0 Å². The number of anilines is 1. The molecule has 1 aliphatic heterocycles. The van der Waals surface area contributed by atoms with Crippen LogP contribution in [0, 0.1) is 0 Å². The van der Waals surface area contributed by atoms with Gasteiger partial charge in [0.2, 0.25) is 5.95 Å². The molecule has 4 unspecified atom stereocenters. The first-order valence-corrected chi connectivity index (χ1v) is 9.91. The van der Waals surface area contributed by atoms with Crippen molar-refractivity contribution in [1.29, 1.82) is 0 Å². The minimum Gasteiger partial charge on any atom is -0.394 e. The first-order chi connectivity index (χ1) is 13.5. The van der Waals surface area contributed by atoms with Crippen LogP contribution in [0.1, 0.15) is 19.1 Å². The summed E-state index contributed by atoms with van der Waals surface area (Å²) in [6.45, 7) is -0.385. The fraction of sp³-hybridized carbons (Fsp3) is 0.421. The minimum absolute atomic E-state index is 0.325. The molecule has 4 atom stereocenters. The summed E-state index contributed by atoms with van der Waals surface area (Å²) in [5, 5.41) is 36.2. The predicted molar refractivity (Wildman–Crippen MR) is 107 cm³/mol. The van der Waals surface area contributed by atoms with Gasteiger partial charge in [0, 0.05) is 6.04 Å². The van der Waals surface area contributed by atoms with Gasteiger partial charge in [0.1, 0.15) is 18.3 Å². The van der Waals surface area contributed by atoms with E-state index in [4.69, 9.17) is 32.9 Å². The molecule has 1 aromatic heterocycles. The molecule has 2 aliphatic rings. The number of nitrogens with zero attached hydrogens (tertiary/aromatic N) is 2. The third kappa shape index (κ3) is 2.94. The average Bonchev–Trinajstić information content (AvgIpc) is 3.36. The van der Waals surface area contributed by atoms with E-state index in [1.54, 1.807) is 16.7 Å². The highest BCUT2D eigenvalue weighted by molar-refractivity contribution is 6.42. The van der Waals surface area contributed by atoms with E-state index >= 15 is 0 Å². The third-order valence-corrected chi connectivity index (χ3v) is 6.09. The van der Waals surface area contributed by atoms with Crippen LogP contribution in [0.5, 0.6) is 0 Å². The highest BCUT2D eigenvalue weighted by atomic mass is 35.5. The quantitative estimate of drug-likeness (QED) is 0.514. The Morgan fingerprint density at radius 3 is 2.36 bits per heavy atom. The Balaban J connectivity index is 1.70. The SMILES string of the molecule is OCC1OC(n2c(NC3CC3)nc3cc4cc(Cl)c(Cl)cc4cc32)C(O)C1O. The van der Waals surface area contributed by atoms with Gasteiger partial charge in [-0.2, -0.15) is 0 Å². The largest absolute Gasteiger partial charge is 0.394 e. The molecule has 0 spiro atoms. The fourth-order valence-corrected chi connectivity index (χ4v) is 4.04. The number of hydrogen-bond acceptors (Lipinski definition) is 6. The van der Waals surface area contributed by atoms with Crippen molar-refractivity contribution in [3.05, 3.63) is 34.3 Å². The first-order valence-electron chi connectivity index (χ1n) is 9.16. The second-order valence-corrected chi connectivity index (χ2v) is 8.22. The smallest absolute Gasteiger partial charge is 0.206 e. The monoisotopic (exact) mass is 423 g/mol. The molecule has 0 bridgehead atoms. The lowest BCUT2D eigenvalue weighted by atomic mass is 10.1. The number of aromatic nitrogens is 2. The van der Waals surface area contributed by atoms with E-state index in [1.807, 2.05) is 12.1 Å². The first kappa shape index (κ1) is 18.4. The Bertz CT molecular complexity index is 1070. The van der Waals surface area contributed by atoms with Gasteiger partial charge in [-0.1, -0.05) is 23.2 Å². The number of aliphatic hydroxyl groups is 3. The van der Waals surface area contributed by atoms with Crippen molar-refractivity contribution in [1.82, 2.24) is 9.55 Å². The molecule has 2 aromatic carbocycles. The molecule has 148 valence electrons. The summed E-state index contributed by atoms with van der Waals surface area (Å²) in [5.74, 6) is 0.555. The van der Waals surface area contributed by atoms with Gasteiger partial charge < -0.3 is 25.4 Å². The Morgan fingerprint density at radius 1 is 1.07 bits per heavy atom. The number of aliphatic hydroxyl groups excluding tert-OH is 3. The molecule has 2 fully saturated rings. The van der Waals surface area contributed by atoms with E-state index in [0.717, 1.165) is 29.1 Å². The van der Waals surface area contributed by atoms with Gasteiger partial charge in [0.05, 0.1) is 27.7 Å². The number of fused-ring (bicyclic) bond motifs is 2. The van der Waals surface area contributed by atoms with E-state index in [2.05, 4.69) is 5.32 Å².